The summed E-state index contributed by atoms with van der Waals surface area (Å²) in [6.07, 6.45) is -2.43. The Labute approximate surface area is 195 Å². The van der Waals surface area contributed by atoms with E-state index in [2.05, 4.69) is 9.82 Å². The molecule has 1 heterocycles. The van der Waals surface area contributed by atoms with E-state index in [1.807, 2.05) is 30.3 Å². The van der Waals surface area contributed by atoms with Crippen LogP contribution in [0.2, 0.25) is 5.02 Å². The number of nitrogens with zero attached hydrogens (tertiary/aromatic N) is 2. The van der Waals surface area contributed by atoms with Crippen LogP contribution in [0.3, 0.4) is 0 Å². The van der Waals surface area contributed by atoms with E-state index in [-0.39, 0.29) is 28.5 Å². The quantitative estimate of drug-likeness (QED) is 0.322. The number of aromatic nitrogens is 2. The molecule has 0 radical (unpaired) electrons. The lowest BCUT2D eigenvalue weighted by Gasteiger charge is -2.10. The first kappa shape index (κ1) is 22.9. The third kappa shape index (κ3) is 5.23. The summed E-state index contributed by atoms with van der Waals surface area (Å²) in [4.78, 5) is 0.00416. The normalized spacial score (nSPS) is 11.6. The molecule has 0 saturated heterocycles. The van der Waals surface area contributed by atoms with Crippen molar-refractivity contribution >= 4 is 27.4 Å². The van der Waals surface area contributed by atoms with Gasteiger partial charge in [0.25, 0.3) is 16.4 Å². The minimum absolute atomic E-state index is 0.00416. The SMILES string of the molecule is O=S(=O)(Nc1nn(CCc2ccccc2)c(C(F)F)c1-c1ccc(Cl)cc1)c1ccccc1. The highest BCUT2D eigenvalue weighted by Crippen LogP contribution is 2.38. The Bertz CT molecular complexity index is 1330. The zero-order valence-electron chi connectivity index (χ0n) is 17.3. The van der Waals surface area contributed by atoms with Crippen molar-refractivity contribution in [2.75, 3.05) is 4.72 Å². The monoisotopic (exact) mass is 487 g/mol. The van der Waals surface area contributed by atoms with E-state index < -0.39 is 16.4 Å². The van der Waals surface area contributed by atoms with Crippen molar-refractivity contribution in [3.8, 4) is 11.1 Å². The fraction of sp³-hybridized carbons (Fsp3) is 0.125. The van der Waals surface area contributed by atoms with Gasteiger partial charge in [-0.1, -0.05) is 72.3 Å². The Hall–Kier alpha value is -3.23. The molecule has 0 atom stereocenters. The minimum Gasteiger partial charge on any atom is -0.261 e. The van der Waals surface area contributed by atoms with Crippen LogP contribution in [-0.2, 0) is 23.0 Å². The molecule has 0 unspecified atom stereocenters. The van der Waals surface area contributed by atoms with E-state index in [4.69, 9.17) is 11.6 Å². The summed E-state index contributed by atoms with van der Waals surface area (Å²) in [6.45, 7) is 0.150. The summed E-state index contributed by atoms with van der Waals surface area (Å²) in [7, 11) is -4.05. The van der Waals surface area contributed by atoms with Crippen LogP contribution in [-0.4, -0.2) is 18.2 Å². The van der Waals surface area contributed by atoms with Crippen molar-refractivity contribution in [3.63, 3.8) is 0 Å². The molecule has 170 valence electrons. The Morgan fingerprint density at radius 1 is 0.909 bits per heavy atom. The van der Waals surface area contributed by atoms with Gasteiger partial charge in [0, 0.05) is 11.6 Å². The molecule has 0 aliphatic heterocycles. The number of halogens is 3. The lowest BCUT2D eigenvalue weighted by Crippen LogP contribution is -2.14. The summed E-state index contributed by atoms with van der Waals surface area (Å²) >= 11 is 5.97. The van der Waals surface area contributed by atoms with Gasteiger partial charge in [0.15, 0.2) is 5.82 Å². The summed E-state index contributed by atoms with van der Waals surface area (Å²) in [5, 5.41) is 4.70. The molecule has 1 N–H and O–H groups in total. The second-order valence-corrected chi connectivity index (χ2v) is 9.41. The van der Waals surface area contributed by atoms with Crippen LogP contribution < -0.4 is 4.72 Å². The molecule has 3 aromatic carbocycles. The fourth-order valence-electron chi connectivity index (χ4n) is 3.51. The van der Waals surface area contributed by atoms with Gasteiger partial charge in [0.05, 0.1) is 10.5 Å². The van der Waals surface area contributed by atoms with Gasteiger partial charge in [-0.05, 0) is 41.8 Å². The smallest absolute Gasteiger partial charge is 0.261 e. The Balaban J connectivity index is 1.80. The van der Waals surface area contributed by atoms with E-state index in [1.54, 1.807) is 42.5 Å². The molecule has 9 heteroatoms. The number of sulfonamides is 1. The van der Waals surface area contributed by atoms with Crippen LogP contribution in [0.15, 0.2) is 89.8 Å². The van der Waals surface area contributed by atoms with Crippen LogP contribution >= 0.6 is 11.6 Å². The Morgan fingerprint density at radius 2 is 1.52 bits per heavy atom. The van der Waals surface area contributed by atoms with Crippen LogP contribution in [0.5, 0.6) is 0 Å². The molecule has 0 aliphatic rings. The maximum Gasteiger partial charge on any atom is 0.280 e. The third-order valence-electron chi connectivity index (χ3n) is 5.07. The first-order valence-electron chi connectivity index (χ1n) is 10.1. The first-order valence-corrected chi connectivity index (χ1v) is 12.0. The molecule has 4 rings (SSSR count). The van der Waals surface area contributed by atoms with Gasteiger partial charge in [-0.25, -0.2) is 17.2 Å². The summed E-state index contributed by atoms with van der Waals surface area (Å²) in [5.41, 5.74) is 0.993. The zero-order chi connectivity index (χ0) is 23.4. The highest BCUT2D eigenvalue weighted by atomic mass is 35.5. The molecular weight excluding hydrogens is 468 g/mol. The molecule has 1 aromatic heterocycles. The fourth-order valence-corrected chi connectivity index (χ4v) is 4.66. The number of rotatable bonds is 8. The van der Waals surface area contributed by atoms with Crippen molar-refractivity contribution in [1.29, 1.82) is 0 Å². The van der Waals surface area contributed by atoms with Crippen molar-refractivity contribution in [2.45, 2.75) is 24.3 Å². The standard InChI is InChI=1S/C24H20ClF2N3O2S/c25-19-13-11-18(12-14-19)21-22(23(26)27)30(16-15-17-7-3-1-4-8-17)28-24(21)29-33(31,32)20-9-5-2-6-10-20/h1-14,23H,15-16H2,(H,28,29). The Morgan fingerprint density at radius 3 is 2.12 bits per heavy atom. The number of anilines is 1. The van der Waals surface area contributed by atoms with Crippen molar-refractivity contribution in [2.24, 2.45) is 0 Å². The number of hydrogen-bond donors (Lipinski definition) is 1. The lowest BCUT2D eigenvalue weighted by atomic mass is 10.1. The molecule has 0 amide bonds. The summed E-state index contributed by atoms with van der Waals surface area (Å²) < 4.78 is 58.0. The van der Waals surface area contributed by atoms with Crippen LogP contribution in [0.25, 0.3) is 11.1 Å². The number of hydrogen-bond acceptors (Lipinski definition) is 3. The second kappa shape index (κ2) is 9.72. The molecular formula is C24H20ClF2N3O2S. The molecule has 0 bridgehead atoms. The van der Waals surface area contributed by atoms with E-state index in [0.717, 1.165) is 5.56 Å². The lowest BCUT2D eigenvalue weighted by molar-refractivity contribution is 0.139. The average molecular weight is 488 g/mol. The van der Waals surface area contributed by atoms with Gasteiger partial charge < -0.3 is 0 Å². The van der Waals surface area contributed by atoms with Crippen LogP contribution in [0.1, 0.15) is 17.7 Å². The number of alkyl halides is 2. The molecule has 5 nitrogen and oxygen atoms in total. The molecule has 0 spiro atoms. The van der Waals surface area contributed by atoms with Crippen LogP contribution in [0, 0.1) is 0 Å². The topological polar surface area (TPSA) is 64.0 Å². The maximum atomic E-state index is 14.3. The molecule has 33 heavy (non-hydrogen) atoms. The van der Waals surface area contributed by atoms with Crippen molar-refractivity contribution < 1.29 is 17.2 Å². The highest BCUT2D eigenvalue weighted by Gasteiger charge is 2.28. The molecule has 4 aromatic rings. The van der Waals surface area contributed by atoms with Gasteiger partial charge in [-0.15, -0.1) is 0 Å². The van der Waals surface area contributed by atoms with E-state index in [0.29, 0.717) is 17.0 Å². The number of nitrogens with one attached hydrogen (secondary N) is 1. The minimum atomic E-state index is -4.05. The maximum absolute atomic E-state index is 14.3. The predicted molar refractivity (Wildman–Crippen MR) is 125 cm³/mol. The van der Waals surface area contributed by atoms with Crippen LogP contribution in [0.4, 0.5) is 14.6 Å². The molecule has 0 aliphatic carbocycles. The summed E-state index contributed by atoms with van der Waals surface area (Å²) in [6, 6.07) is 23.3. The van der Waals surface area contributed by atoms with Crippen molar-refractivity contribution in [1.82, 2.24) is 9.78 Å². The van der Waals surface area contributed by atoms with Gasteiger partial charge in [-0.2, -0.15) is 5.10 Å². The summed E-state index contributed by atoms with van der Waals surface area (Å²) in [5.74, 6) is -0.162. The largest absolute Gasteiger partial charge is 0.280 e. The first-order chi connectivity index (χ1) is 15.8. The number of aryl methyl sites for hydroxylation is 2. The van der Waals surface area contributed by atoms with Crippen molar-refractivity contribution in [3.05, 3.63) is 101 Å². The van der Waals surface area contributed by atoms with E-state index >= 15 is 0 Å². The molecule has 0 saturated carbocycles. The van der Waals surface area contributed by atoms with Gasteiger partial charge in [0.2, 0.25) is 0 Å². The third-order valence-corrected chi connectivity index (χ3v) is 6.68. The van der Waals surface area contributed by atoms with Gasteiger partial charge in [0.1, 0.15) is 5.69 Å². The van der Waals surface area contributed by atoms with E-state index in [1.165, 1.54) is 16.8 Å². The Kier molecular flexibility index (Phi) is 6.76. The highest BCUT2D eigenvalue weighted by molar-refractivity contribution is 7.92. The predicted octanol–water partition coefficient (Wildman–Crippen LogP) is 6.18. The number of benzene rings is 3. The van der Waals surface area contributed by atoms with Gasteiger partial charge in [-0.3, -0.25) is 9.40 Å². The second-order valence-electron chi connectivity index (χ2n) is 7.29. The van der Waals surface area contributed by atoms with E-state index in [9.17, 15) is 17.2 Å². The average Bonchev–Trinajstić information content (AvgIpc) is 3.17. The van der Waals surface area contributed by atoms with Gasteiger partial charge >= 0.3 is 0 Å². The molecule has 0 fully saturated rings. The zero-order valence-corrected chi connectivity index (χ0v) is 18.9.